The first-order chi connectivity index (χ1) is 14.5. The van der Waals surface area contributed by atoms with E-state index in [1.807, 2.05) is 12.2 Å². The van der Waals surface area contributed by atoms with Gasteiger partial charge in [-0.15, -0.1) is 0 Å². The molecule has 2 aromatic rings. The molecule has 30 heavy (non-hydrogen) atoms. The van der Waals surface area contributed by atoms with Gasteiger partial charge < -0.3 is 24.4 Å². The van der Waals surface area contributed by atoms with Gasteiger partial charge in [0.15, 0.2) is 11.5 Å². The van der Waals surface area contributed by atoms with E-state index in [0.29, 0.717) is 29.4 Å². The molecule has 6 rings (SSSR count). The van der Waals surface area contributed by atoms with Gasteiger partial charge in [-0.1, -0.05) is 18.2 Å². The van der Waals surface area contributed by atoms with Crippen molar-refractivity contribution in [2.24, 2.45) is 11.8 Å². The highest BCUT2D eigenvalue weighted by atomic mass is 19.1. The van der Waals surface area contributed by atoms with Crippen LogP contribution in [0.1, 0.15) is 0 Å². The third kappa shape index (κ3) is 2.40. The molecule has 0 aromatic heterocycles. The summed E-state index contributed by atoms with van der Waals surface area (Å²) in [5.41, 5.74) is 0.166. The number of hydrogen-bond donors (Lipinski definition) is 1. The first-order valence-corrected chi connectivity index (χ1v) is 9.69. The SMILES string of the molecule is O=C(Nc1cccc(F)c1)[C@H]1[C@H]2C=C[C@@]3(CN(c4ccc5c(c4)OCO5)C(=O)[C@@H]13)O2. The number of hydrogen-bond acceptors (Lipinski definition) is 5. The van der Waals surface area contributed by atoms with Crippen molar-refractivity contribution in [1.82, 2.24) is 0 Å². The molecule has 2 aromatic carbocycles. The number of amides is 2. The Morgan fingerprint density at radius 3 is 2.90 bits per heavy atom. The molecular weight excluding hydrogens is 391 g/mol. The second kappa shape index (κ2) is 6.06. The van der Waals surface area contributed by atoms with Crippen LogP contribution in [0.5, 0.6) is 11.5 Å². The molecule has 0 radical (unpaired) electrons. The van der Waals surface area contributed by atoms with Crippen molar-refractivity contribution >= 4 is 23.2 Å². The van der Waals surface area contributed by atoms with E-state index in [2.05, 4.69) is 5.32 Å². The Kier molecular flexibility index (Phi) is 3.53. The molecule has 4 aliphatic rings. The molecule has 152 valence electrons. The Balaban J connectivity index is 1.30. The second-order valence-electron chi connectivity index (χ2n) is 7.86. The fourth-order valence-electron chi connectivity index (χ4n) is 4.86. The van der Waals surface area contributed by atoms with Crippen molar-refractivity contribution in [3.05, 3.63) is 60.4 Å². The van der Waals surface area contributed by atoms with Crippen LogP contribution in [-0.4, -0.2) is 36.9 Å². The van der Waals surface area contributed by atoms with Crippen LogP contribution in [0.4, 0.5) is 15.8 Å². The van der Waals surface area contributed by atoms with Crippen LogP contribution in [0.3, 0.4) is 0 Å². The fourth-order valence-corrected chi connectivity index (χ4v) is 4.86. The summed E-state index contributed by atoms with van der Waals surface area (Å²) < 4.78 is 30.4. The van der Waals surface area contributed by atoms with E-state index in [1.165, 1.54) is 18.2 Å². The molecule has 8 heteroatoms. The van der Waals surface area contributed by atoms with Gasteiger partial charge in [0, 0.05) is 17.4 Å². The maximum atomic E-state index is 13.5. The molecule has 2 bridgehead atoms. The van der Waals surface area contributed by atoms with Gasteiger partial charge >= 0.3 is 0 Å². The van der Waals surface area contributed by atoms with Crippen LogP contribution in [0.2, 0.25) is 0 Å². The van der Waals surface area contributed by atoms with E-state index in [4.69, 9.17) is 14.2 Å². The molecule has 2 saturated heterocycles. The summed E-state index contributed by atoms with van der Waals surface area (Å²) >= 11 is 0. The third-order valence-electron chi connectivity index (χ3n) is 6.16. The summed E-state index contributed by atoms with van der Waals surface area (Å²) in [4.78, 5) is 28.1. The predicted octanol–water partition coefficient (Wildman–Crippen LogP) is 2.48. The Morgan fingerprint density at radius 2 is 2.03 bits per heavy atom. The van der Waals surface area contributed by atoms with Crippen LogP contribution in [-0.2, 0) is 14.3 Å². The maximum Gasteiger partial charge on any atom is 0.234 e. The molecule has 4 heterocycles. The van der Waals surface area contributed by atoms with Crippen LogP contribution in [0.25, 0.3) is 0 Å². The lowest BCUT2D eigenvalue weighted by Gasteiger charge is -2.23. The largest absolute Gasteiger partial charge is 0.454 e. The number of benzene rings is 2. The fraction of sp³-hybridized carbons (Fsp3) is 0.273. The molecular formula is C22H17FN2O5. The van der Waals surface area contributed by atoms with E-state index in [1.54, 1.807) is 29.2 Å². The number of nitrogens with zero attached hydrogens (tertiary/aromatic N) is 1. The van der Waals surface area contributed by atoms with E-state index < -0.39 is 29.4 Å². The standard InChI is InChI=1S/C22H17FN2O5/c23-12-2-1-3-13(8-12)24-20(26)18-16-6-7-22(30-16)10-25(21(27)19(18)22)14-4-5-15-17(9-14)29-11-28-15/h1-9,16,18-19H,10-11H2,(H,24,26)/t16-,18+,19-,22+/m1/s1. The van der Waals surface area contributed by atoms with E-state index >= 15 is 0 Å². The van der Waals surface area contributed by atoms with Crippen LogP contribution in [0.15, 0.2) is 54.6 Å². The summed E-state index contributed by atoms with van der Waals surface area (Å²) in [5, 5.41) is 2.73. The quantitative estimate of drug-likeness (QED) is 0.790. The summed E-state index contributed by atoms with van der Waals surface area (Å²) in [5.74, 6) is -1.11. The number of anilines is 2. The molecule has 0 aliphatic carbocycles. The lowest BCUT2D eigenvalue weighted by molar-refractivity contribution is -0.128. The number of rotatable bonds is 3. The Bertz CT molecular complexity index is 1120. The number of carbonyl (C=O) groups excluding carboxylic acids is 2. The normalized spacial score (nSPS) is 30.1. The van der Waals surface area contributed by atoms with Crippen molar-refractivity contribution in [2.75, 3.05) is 23.6 Å². The molecule has 0 saturated carbocycles. The lowest BCUT2D eigenvalue weighted by atomic mass is 9.77. The van der Waals surface area contributed by atoms with Gasteiger partial charge in [-0.3, -0.25) is 9.59 Å². The van der Waals surface area contributed by atoms with Crippen LogP contribution < -0.4 is 19.7 Å². The average Bonchev–Trinajstić information content (AvgIpc) is 3.48. The Hall–Kier alpha value is -3.39. The zero-order valence-corrected chi connectivity index (χ0v) is 15.7. The highest BCUT2D eigenvalue weighted by Gasteiger charge is 2.67. The molecule has 0 unspecified atom stereocenters. The highest BCUT2D eigenvalue weighted by molar-refractivity contribution is 6.05. The van der Waals surface area contributed by atoms with E-state index in [-0.39, 0.29) is 18.6 Å². The van der Waals surface area contributed by atoms with Crippen LogP contribution >= 0.6 is 0 Å². The number of carbonyl (C=O) groups is 2. The van der Waals surface area contributed by atoms with Crippen molar-refractivity contribution < 1.29 is 28.2 Å². The van der Waals surface area contributed by atoms with Gasteiger partial charge in [0.2, 0.25) is 18.6 Å². The van der Waals surface area contributed by atoms with E-state index in [0.717, 1.165) is 0 Å². The minimum atomic E-state index is -0.845. The van der Waals surface area contributed by atoms with Gasteiger partial charge in [-0.2, -0.15) is 0 Å². The topological polar surface area (TPSA) is 77.1 Å². The highest BCUT2D eigenvalue weighted by Crippen LogP contribution is 2.53. The number of nitrogens with one attached hydrogen (secondary N) is 1. The molecule has 4 atom stereocenters. The third-order valence-corrected chi connectivity index (χ3v) is 6.16. The van der Waals surface area contributed by atoms with Crippen molar-refractivity contribution in [1.29, 1.82) is 0 Å². The van der Waals surface area contributed by atoms with Crippen LogP contribution in [0, 0.1) is 17.7 Å². The maximum absolute atomic E-state index is 13.5. The summed E-state index contributed by atoms with van der Waals surface area (Å²) in [7, 11) is 0. The number of halogens is 1. The molecule has 7 nitrogen and oxygen atoms in total. The van der Waals surface area contributed by atoms with E-state index in [9.17, 15) is 14.0 Å². The smallest absolute Gasteiger partial charge is 0.234 e. The van der Waals surface area contributed by atoms with Crippen molar-refractivity contribution in [2.45, 2.75) is 11.7 Å². The summed E-state index contributed by atoms with van der Waals surface area (Å²) in [6.07, 6.45) is 3.24. The Labute approximate surface area is 171 Å². The molecule has 1 N–H and O–H groups in total. The molecule has 4 aliphatic heterocycles. The second-order valence-corrected chi connectivity index (χ2v) is 7.86. The van der Waals surface area contributed by atoms with Crippen molar-refractivity contribution in [3.63, 3.8) is 0 Å². The molecule has 2 fully saturated rings. The first-order valence-electron chi connectivity index (χ1n) is 9.69. The zero-order valence-electron chi connectivity index (χ0n) is 15.7. The summed E-state index contributed by atoms with van der Waals surface area (Å²) in [6, 6.07) is 11.0. The van der Waals surface area contributed by atoms with Gasteiger partial charge in [-0.05, 0) is 30.3 Å². The number of ether oxygens (including phenoxy) is 3. The first kappa shape index (κ1) is 17.5. The number of fused-ring (bicyclic) bond motifs is 2. The monoisotopic (exact) mass is 408 g/mol. The minimum Gasteiger partial charge on any atom is -0.454 e. The Morgan fingerprint density at radius 1 is 1.17 bits per heavy atom. The predicted molar refractivity (Wildman–Crippen MR) is 104 cm³/mol. The average molecular weight is 408 g/mol. The van der Waals surface area contributed by atoms with Gasteiger partial charge in [0.1, 0.15) is 11.4 Å². The summed E-state index contributed by atoms with van der Waals surface area (Å²) in [6.45, 7) is 0.460. The van der Waals surface area contributed by atoms with Gasteiger partial charge in [0.05, 0.1) is 24.5 Å². The van der Waals surface area contributed by atoms with Gasteiger partial charge in [0.25, 0.3) is 0 Å². The zero-order chi connectivity index (χ0) is 20.5. The molecule has 1 spiro atoms. The lowest BCUT2D eigenvalue weighted by Crippen LogP contribution is -2.41. The molecule has 2 amide bonds. The van der Waals surface area contributed by atoms with Crippen molar-refractivity contribution in [3.8, 4) is 11.5 Å². The minimum absolute atomic E-state index is 0.148. The van der Waals surface area contributed by atoms with Gasteiger partial charge in [-0.25, -0.2) is 4.39 Å².